The van der Waals surface area contributed by atoms with Gasteiger partial charge in [0, 0.05) is 18.8 Å². The number of methoxy groups -OCH3 is 3. The van der Waals surface area contributed by atoms with Crippen LogP contribution in [0.2, 0.25) is 0 Å². The van der Waals surface area contributed by atoms with Crippen LogP contribution in [0.15, 0.2) is 30.5 Å². The van der Waals surface area contributed by atoms with Gasteiger partial charge in [0.05, 0.1) is 27.9 Å². The molecule has 0 aliphatic heterocycles. The maximum atomic E-state index is 12.5. The molecule has 1 heterocycles. The van der Waals surface area contributed by atoms with E-state index in [0.29, 0.717) is 22.8 Å². The first-order valence-corrected chi connectivity index (χ1v) is 8.15. The van der Waals surface area contributed by atoms with Gasteiger partial charge in [0.1, 0.15) is 0 Å². The highest BCUT2D eigenvalue weighted by Crippen LogP contribution is 2.38. The Hall–Kier alpha value is -3.17. The highest BCUT2D eigenvalue weighted by molar-refractivity contribution is 5.91. The van der Waals surface area contributed by atoms with Gasteiger partial charge < -0.3 is 19.5 Å². The van der Waals surface area contributed by atoms with Crippen LogP contribution in [-0.2, 0) is 17.5 Å². The molecule has 152 valence electrons. The lowest BCUT2D eigenvalue weighted by Crippen LogP contribution is -2.25. The third kappa shape index (κ3) is 5.41. The zero-order valence-corrected chi connectivity index (χ0v) is 15.5. The van der Waals surface area contributed by atoms with Gasteiger partial charge in [-0.25, -0.2) is 0 Å². The Morgan fingerprint density at radius 1 is 1.18 bits per heavy atom. The summed E-state index contributed by atoms with van der Waals surface area (Å²) >= 11 is 0. The lowest BCUT2D eigenvalue weighted by Gasteiger charge is -2.12. The smallest absolute Gasteiger partial charge is 0.435 e. The van der Waals surface area contributed by atoms with Gasteiger partial charge in [-0.3, -0.25) is 9.48 Å². The van der Waals surface area contributed by atoms with Gasteiger partial charge in [0.15, 0.2) is 17.2 Å². The number of nitrogens with one attached hydrogen (secondary N) is 1. The van der Waals surface area contributed by atoms with Crippen LogP contribution in [0.1, 0.15) is 11.3 Å². The van der Waals surface area contributed by atoms with E-state index in [2.05, 4.69) is 10.4 Å². The van der Waals surface area contributed by atoms with Crippen LogP contribution in [0.3, 0.4) is 0 Å². The summed E-state index contributed by atoms with van der Waals surface area (Å²) in [6, 6.07) is 4.23. The molecule has 0 unspecified atom stereocenters. The number of nitrogens with zero attached hydrogens (tertiary/aromatic N) is 2. The highest BCUT2D eigenvalue weighted by Gasteiger charge is 2.33. The number of hydrogen-bond acceptors (Lipinski definition) is 5. The minimum atomic E-state index is -4.49. The largest absolute Gasteiger partial charge is 0.493 e. The molecule has 1 amide bonds. The van der Waals surface area contributed by atoms with E-state index in [1.165, 1.54) is 33.6 Å². The summed E-state index contributed by atoms with van der Waals surface area (Å²) in [6.45, 7) is 0.233. The Kier molecular flexibility index (Phi) is 6.91. The fraction of sp³-hybridized carbons (Fsp3) is 0.333. The van der Waals surface area contributed by atoms with Crippen LogP contribution in [-0.4, -0.2) is 43.6 Å². The fourth-order valence-corrected chi connectivity index (χ4v) is 2.36. The first-order valence-electron chi connectivity index (χ1n) is 8.15. The van der Waals surface area contributed by atoms with E-state index in [-0.39, 0.29) is 13.1 Å². The van der Waals surface area contributed by atoms with Crippen molar-refractivity contribution in [1.82, 2.24) is 15.1 Å². The molecule has 0 aliphatic rings. The van der Waals surface area contributed by atoms with Crippen LogP contribution >= 0.6 is 0 Å². The molecule has 1 aromatic carbocycles. The monoisotopic (exact) mass is 399 g/mol. The van der Waals surface area contributed by atoms with Crippen molar-refractivity contribution in [3.63, 3.8) is 0 Å². The molecule has 0 aliphatic carbocycles. The number of alkyl halides is 3. The quantitative estimate of drug-likeness (QED) is 0.691. The molecular formula is C18H20F3N3O4. The Bertz CT molecular complexity index is 822. The number of benzene rings is 1. The van der Waals surface area contributed by atoms with E-state index >= 15 is 0 Å². The van der Waals surface area contributed by atoms with E-state index < -0.39 is 17.8 Å². The number of hydrogen-bond donors (Lipinski definition) is 1. The van der Waals surface area contributed by atoms with Crippen molar-refractivity contribution in [1.29, 1.82) is 0 Å². The summed E-state index contributed by atoms with van der Waals surface area (Å²) in [6.07, 6.45) is -0.432. The molecule has 2 aromatic rings. The second-order valence-corrected chi connectivity index (χ2v) is 5.54. The van der Waals surface area contributed by atoms with E-state index in [1.54, 1.807) is 18.2 Å². The number of rotatable bonds is 8. The Morgan fingerprint density at radius 3 is 2.32 bits per heavy atom. The summed E-state index contributed by atoms with van der Waals surface area (Å²) in [7, 11) is 4.45. The van der Waals surface area contributed by atoms with Gasteiger partial charge in [-0.2, -0.15) is 18.3 Å². The molecule has 1 N–H and O–H groups in total. The van der Waals surface area contributed by atoms with Gasteiger partial charge in [-0.1, -0.05) is 0 Å². The van der Waals surface area contributed by atoms with Crippen molar-refractivity contribution in [2.75, 3.05) is 27.9 Å². The van der Waals surface area contributed by atoms with Gasteiger partial charge in [0.2, 0.25) is 11.7 Å². The Morgan fingerprint density at radius 2 is 1.82 bits per heavy atom. The first kappa shape index (κ1) is 21.1. The van der Waals surface area contributed by atoms with Crippen molar-refractivity contribution < 1.29 is 32.2 Å². The number of ether oxygens (including phenoxy) is 3. The van der Waals surface area contributed by atoms with Crippen LogP contribution < -0.4 is 19.5 Å². The molecule has 0 spiro atoms. The Labute approximate surface area is 159 Å². The van der Waals surface area contributed by atoms with Gasteiger partial charge >= 0.3 is 6.18 Å². The van der Waals surface area contributed by atoms with Crippen LogP contribution in [0.5, 0.6) is 17.2 Å². The summed E-state index contributed by atoms with van der Waals surface area (Å²) in [5.74, 6) is 0.920. The van der Waals surface area contributed by atoms with Crippen LogP contribution in [0.25, 0.3) is 6.08 Å². The zero-order valence-electron chi connectivity index (χ0n) is 15.5. The summed E-state index contributed by atoms with van der Waals surface area (Å²) in [5, 5.41) is 5.98. The van der Waals surface area contributed by atoms with Crippen LogP contribution in [0, 0.1) is 0 Å². The molecule has 0 saturated carbocycles. The van der Waals surface area contributed by atoms with Crippen LogP contribution in [0.4, 0.5) is 13.2 Å². The number of aromatic nitrogens is 2. The fourth-order valence-electron chi connectivity index (χ4n) is 2.36. The van der Waals surface area contributed by atoms with Crippen molar-refractivity contribution in [2.45, 2.75) is 12.7 Å². The van der Waals surface area contributed by atoms with Crippen molar-refractivity contribution >= 4 is 12.0 Å². The number of carbonyl (C=O) groups excluding carboxylic acids is 1. The SMILES string of the molecule is COc1cc(/C=C/C(=O)NCCn2ccc(C(F)(F)F)n2)cc(OC)c1OC. The third-order valence-electron chi connectivity index (χ3n) is 3.69. The summed E-state index contributed by atoms with van der Waals surface area (Å²) in [4.78, 5) is 11.9. The maximum absolute atomic E-state index is 12.5. The average molecular weight is 399 g/mol. The second kappa shape index (κ2) is 9.16. The summed E-state index contributed by atoms with van der Waals surface area (Å²) in [5.41, 5.74) is -0.326. The van der Waals surface area contributed by atoms with E-state index in [1.807, 2.05) is 0 Å². The number of halogens is 3. The van der Waals surface area contributed by atoms with Crippen molar-refractivity contribution in [3.05, 3.63) is 41.7 Å². The molecule has 2 rings (SSSR count). The maximum Gasteiger partial charge on any atom is 0.435 e. The molecule has 10 heteroatoms. The highest BCUT2D eigenvalue weighted by atomic mass is 19.4. The second-order valence-electron chi connectivity index (χ2n) is 5.54. The van der Waals surface area contributed by atoms with Crippen molar-refractivity contribution in [2.24, 2.45) is 0 Å². The molecule has 0 fully saturated rings. The topological polar surface area (TPSA) is 74.6 Å². The average Bonchev–Trinajstić information content (AvgIpc) is 3.14. The molecule has 7 nitrogen and oxygen atoms in total. The molecule has 28 heavy (non-hydrogen) atoms. The number of carbonyl (C=O) groups is 1. The predicted molar refractivity (Wildman–Crippen MR) is 95.4 cm³/mol. The first-order chi connectivity index (χ1) is 13.3. The molecular weight excluding hydrogens is 379 g/mol. The molecule has 0 bridgehead atoms. The minimum absolute atomic E-state index is 0.111. The third-order valence-corrected chi connectivity index (χ3v) is 3.69. The zero-order chi connectivity index (χ0) is 20.7. The van der Waals surface area contributed by atoms with E-state index in [0.717, 1.165) is 10.7 Å². The Balaban J connectivity index is 1.94. The lowest BCUT2D eigenvalue weighted by molar-refractivity contribution is -0.141. The summed E-state index contributed by atoms with van der Waals surface area (Å²) < 4.78 is 54.3. The molecule has 0 atom stereocenters. The normalized spacial score (nSPS) is 11.5. The van der Waals surface area contributed by atoms with Gasteiger partial charge in [0.25, 0.3) is 0 Å². The van der Waals surface area contributed by atoms with Crippen molar-refractivity contribution in [3.8, 4) is 17.2 Å². The van der Waals surface area contributed by atoms with E-state index in [4.69, 9.17) is 14.2 Å². The van der Waals surface area contributed by atoms with E-state index in [9.17, 15) is 18.0 Å². The molecule has 0 saturated heterocycles. The molecule has 0 radical (unpaired) electrons. The predicted octanol–water partition coefficient (Wildman–Crippen LogP) is 2.76. The number of amides is 1. The molecule has 1 aromatic heterocycles. The van der Waals surface area contributed by atoms with Gasteiger partial charge in [-0.15, -0.1) is 0 Å². The lowest BCUT2D eigenvalue weighted by atomic mass is 10.1. The van der Waals surface area contributed by atoms with Gasteiger partial charge in [-0.05, 0) is 29.8 Å². The standard InChI is InChI=1S/C18H20F3N3O4/c1-26-13-10-12(11-14(27-2)17(13)28-3)4-5-16(25)22-7-9-24-8-6-15(23-24)18(19,20)21/h4-6,8,10-11H,7,9H2,1-3H3,(H,22,25)/b5-4+. The minimum Gasteiger partial charge on any atom is -0.493 e.